The summed E-state index contributed by atoms with van der Waals surface area (Å²) < 4.78 is 5.95. The molecule has 0 aliphatic heterocycles. The summed E-state index contributed by atoms with van der Waals surface area (Å²) >= 11 is -0.604. The third-order valence-corrected chi connectivity index (χ3v) is 6.65. The Morgan fingerprint density at radius 3 is 2.52 bits per heavy atom. The molecule has 0 nitrogen and oxygen atoms in total. The van der Waals surface area contributed by atoms with Gasteiger partial charge in [-0.1, -0.05) is 0 Å². The van der Waals surface area contributed by atoms with E-state index in [2.05, 4.69) is 66.6 Å². The average Bonchev–Trinajstić information content (AvgIpc) is 3.03. The van der Waals surface area contributed by atoms with Crippen LogP contribution in [0.5, 0.6) is 0 Å². The van der Waals surface area contributed by atoms with E-state index >= 15 is 0 Å². The van der Waals surface area contributed by atoms with Crippen molar-refractivity contribution in [3.63, 3.8) is 0 Å². The van der Waals surface area contributed by atoms with Crippen molar-refractivity contribution < 1.29 is 22.8 Å². The second kappa shape index (κ2) is 7.36. The first-order valence-electron chi connectivity index (χ1n) is 6.92. The summed E-state index contributed by atoms with van der Waals surface area (Å²) in [6, 6.07) is 8.85. The Labute approximate surface area is 151 Å². The van der Waals surface area contributed by atoms with Gasteiger partial charge in [0.15, 0.2) is 0 Å². The predicted octanol–water partition coefficient (Wildman–Crippen LogP) is 5.18. The molecule has 0 N–H and O–H groups in total. The van der Waals surface area contributed by atoms with Crippen molar-refractivity contribution in [3.05, 3.63) is 62.5 Å². The van der Waals surface area contributed by atoms with Gasteiger partial charge in [-0.3, -0.25) is 0 Å². The molecule has 0 amide bonds. The monoisotopic (exact) mass is 397 g/mol. The maximum absolute atomic E-state index is 4.28. The van der Waals surface area contributed by atoms with Crippen molar-refractivity contribution in [1.29, 1.82) is 0 Å². The summed E-state index contributed by atoms with van der Waals surface area (Å²) in [6.07, 6.45) is 10.6. The van der Waals surface area contributed by atoms with Crippen molar-refractivity contribution in [3.8, 4) is 0 Å². The minimum absolute atomic E-state index is 0. The molecule has 2 aliphatic rings. The number of hydrogen-bond acceptors (Lipinski definition) is 0. The van der Waals surface area contributed by atoms with Gasteiger partial charge in [0.25, 0.3) is 0 Å². The molecule has 0 aromatic heterocycles. The van der Waals surface area contributed by atoms with E-state index in [1.54, 1.807) is 8.85 Å². The first-order chi connectivity index (χ1) is 9.20. The third kappa shape index (κ3) is 2.86. The van der Waals surface area contributed by atoms with Crippen molar-refractivity contribution >= 4 is 35.1 Å². The summed E-state index contributed by atoms with van der Waals surface area (Å²) in [5.74, 6) is 0.575. The third-order valence-electron chi connectivity index (χ3n) is 4.43. The van der Waals surface area contributed by atoms with Gasteiger partial charge >= 0.3 is 127 Å². The summed E-state index contributed by atoms with van der Waals surface area (Å²) in [5, 5.41) is 0. The van der Waals surface area contributed by atoms with Gasteiger partial charge in [-0.05, 0) is 0 Å². The average molecular weight is 399 g/mol. The quantitative estimate of drug-likeness (QED) is 0.657. The molecule has 2 aliphatic carbocycles. The van der Waals surface area contributed by atoms with Gasteiger partial charge in [-0.15, -0.1) is 24.8 Å². The molecule has 0 saturated heterocycles. The standard InChI is InChI=1S/C17H17.CH2.2ClH.Zr/c1-13(2)17(15-8-4-5-9-15)12-11-14-7-3-6-10-16(14)17;;;;/h3-4,6-8,10-13H,5H2,1-2H3;1H2;2*1H;. The molecule has 21 heavy (non-hydrogen) atoms. The molecule has 3 heteroatoms. The number of fused-ring (bicyclic) bond motifs is 1. The molecule has 0 heterocycles. The number of halogens is 2. The van der Waals surface area contributed by atoms with E-state index in [1.807, 2.05) is 0 Å². The fourth-order valence-electron chi connectivity index (χ4n) is 3.44. The zero-order valence-electron chi connectivity index (χ0n) is 12.4. The Morgan fingerprint density at radius 1 is 1.14 bits per heavy atom. The zero-order valence-corrected chi connectivity index (χ0v) is 16.5. The number of benzene rings is 1. The van der Waals surface area contributed by atoms with Gasteiger partial charge in [0.1, 0.15) is 0 Å². The molecule has 0 saturated carbocycles. The molecule has 1 aromatic carbocycles. The molecule has 1 unspecified atom stereocenters. The van der Waals surface area contributed by atoms with E-state index in [0.717, 1.165) is 6.42 Å². The van der Waals surface area contributed by atoms with Crippen LogP contribution in [0.4, 0.5) is 0 Å². The van der Waals surface area contributed by atoms with E-state index in [1.165, 1.54) is 11.1 Å². The topological polar surface area (TPSA) is 0 Å². The molecule has 0 bridgehead atoms. The molecule has 1 aromatic rings. The Bertz CT molecular complexity index is 626. The van der Waals surface area contributed by atoms with Crippen molar-refractivity contribution in [2.45, 2.75) is 25.7 Å². The first-order valence-corrected chi connectivity index (χ1v) is 9.89. The van der Waals surface area contributed by atoms with E-state index in [0.29, 0.717) is 5.92 Å². The number of hydrogen-bond donors (Lipinski definition) is 0. The van der Waals surface area contributed by atoms with Crippen molar-refractivity contribution in [2.75, 3.05) is 0 Å². The summed E-state index contributed by atoms with van der Waals surface area (Å²) in [7, 11) is 0. The van der Waals surface area contributed by atoms with E-state index in [4.69, 9.17) is 0 Å². The fraction of sp³-hybridized carbons (Fsp3) is 0.278. The van der Waals surface area contributed by atoms with Crippen LogP contribution in [0, 0.1) is 5.92 Å². The zero-order chi connectivity index (χ0) is 13.5. The normalized spacial score (nSPS) is 21.9. The Hall–Kier alpha value is -0.227. The number of allylic oxidation sites excluding steroid dienone is 5. The summed E-state index contributed by atoms with van der Waals surface area (Å²) in [5.41, 5.74) is 4.53. The summed E-state index contributed by atoms with van der Waals surface area (Å²) in [6.45, 7) is 4.69. The molecular formula is C18H21Cl2Zr. The van der Waals surface area contributed by atoms with Crippen LogP contribution < -0.4 is 0 Å². The molecule has 0 radical (unpaired) electrons. The van der Waals surface area contributed by atoms with Crippen LogP contribution in [-0.4, -0.2) is 4.21 Å². The van der Waals surface area contributed by atoms with E-state index in [-0.39, 0.29) is 30.2 Å². The molecule has 0 fully saturated rings. The van der Waals surface area contributed by atoms with Crippen molar-refractivity contribution in [1.82, 2.24) is 0 Å². The van der Waals surface area contributed by atoms with Crippen LogP contribution in [0.1, 0.15) is 31.4 Å². The van der Waals surface area contributed by atoms with Gasteiger partial charge in [0.05, 0.1) is 0 Å². The van der Waals surface area contributed by atoms with Gasteiger partial charge in [-0.25, -0.2) is 0 Å². The Morgan fingerprint density at radius 2 is 1.86 bits per heavy atom. The van der Waals surface area contributed by atoms with Crippen LogP contribution in [0.25, 0.3) is 6.08 Å². The van der Waals surface area contributed by atoms with Gasteiger partial charge in [0, 0.05) is 0 Å². The molecule has 3 rings (SSSR count). The second-order valence-electron chi connectivity index (χ2n) is 5.62. The summed E-state index contributed by atoms with van der Waals surface area (Å²) in [4.78, 5) is 0. The van der Waals surface area contributed by atoms with Crippen LogP contribution >= 0.6 is 24.8 Å². The molecule has 111 valence electrons. The predicted molar refractivity (Wildman–Crippen MR) is 94.4 cm³/mol. The minimum atomic E-state index is -0.604. The Balaban J connectivity index is 0.00000110. The van der Waals surface area contributed by atoms with E-state index in [9.17, 15) is 0 Å². The van der Waals surface area contributed by atoms with Gasteiger partial charge in [0.2, 0.25) is 0 Å². The first kappa shape index (κ1) is 18.8. The van der Waals surface area contributed by atoms with E-state index < -0.39 is 22.8 Å². The van der Waals surface area contributed by atoms with Crippen LogP contribution in [0.2, 0.25) is 0 Å². The molecule has 1 atom stereocenters. The van der Waals surface area contributed by atoms with Crippen molar-refractivity contribution in [2.24, 2.45) is 5.92 Å². The van der Waals surface area contributed by atoms with Gasteiger partial charge in [-0.2, -0.15) is 0 Å². The molecular weight excluding hydrogens is 378 g/mol. The number of rotatable bonds is 3. The van der Waals surface area contributed by atoms with Crippen LogP contribution in [-0.2, 0) is 28.2 Å². The van der Waals surface area contributed by atoms with Gasteiger partial charge < -0.3 is 0 Å². The van der Waals surface area contributed by atoms with Crippen LogP contribution in [0.3, 0.4) is 0 Å². The SMILES string of the molecule is Cl.Cl.[CH2]=[Zr][C]1=C(C2(C(C)C)C=Cc3ccccc32)C=CC1. The second-order valence-corrected chi connectivity index (χ2v) is 7.97. The Kier molecular flexibility index (Phi) is 6.60. The maximum atomic E-state index is 4.28. The van der Waals surface area contributed by atoms with Crippen LogP contribution in [0.15, 0.2) is 51.3 Å². The fourth-order valence-corrected chi connectivity index (χ4v) is 5.27. The molecule has 0 spiro atoms.